The molecule has 0 aromatic heterocycles. The van der Waals surface area contributed by atoms with Crippen LogP contribution in [0.4, 0.5) is 0 Å². The molecule has 0 aliphatic rings. The van der Waals surface area contributed by atoms with Gasteiger partial charge in [-0.15, -0.1) is 0 Å². The summed E-state index contributed by atoms with van der Waals surface area (Å²) in [5.41, 5.74) is 0. The fraction of sp³-hybridized carbons (Fsp3) is 0.500. The molecular formula is C4H8O. The Kier molecular flexibility index (Phi) is 3.93. The zero-order valence-corrected chi connectivity index (χ0v) is 3.24. The first-order chi connectivity index (χ1) is 2.41. The molecule has 0 rings (SSSR count). The first kappa shape index (κ1) is 4.96. The van der Waals surface area contributed by atoms with Gasteiger partial charge in [-0.3, -0.25) is 0 Å². The zero-order chi connectivity index (χ0) is 4.12. The van der Waals surface area contributed by atoms with E-state index < -0.39 is 0 Å². The lowest BCUT2D eigenvalue weighted by Gasteiger charge is -1.83. The molecule has 0 fully saturated rings. The van der Waals surface area contributed by atoms with Gasteiger partial charge in [-0.25, -0.2) is 0 Å². The first-order valence-electron chi connectivity index (χ1n) is 1.58. The van der Waals surface area contributed by atoms with E-state index in [4.69, 9.17) is 0 Å². The maximum Gasteiger partial charge on any atom is 0.0700 e. The summed E-state index contributed by atoms with van der Waals surface area (Å²) in [4.78, 5) is 0. The molecule has 0 aromatic carbocycles. The van der Waals surface area contributed by atoms with Gasteiger partial charge in [0.05, 0.1) is 7.11 Å². The molecule has 0 aliphatic heterocycles. The summed E-state index contributed by atoms with van der Waals surface area (Å²) >= 11 is 0. The predicted octanol–water partition coefficient (Wildman–Crippen LogP) is 1.02. The molecule has 1 heteroatoms. The molecule has 0 atom stereocenters. The fourth-order valence-electron chi connectivity index (χ4n) is 0.102. The van der Waals surface area contributed by atoms with Gasteiger partial charge < -0.3 is 4.74 Å². The summed E-state index contributed by atoms with van der Waals surface area (Å²) in [6, 6.07) is 0. The number of hydrogen-bond donors (Lipinski definition) is 0. The van der Waals surface area contributed by atoms with Crippen molar-refractivity contribution in [3.8, 4) is 0 Å². The molecule has 0 saturated carbocycles. The highest BCUT2D eigenvalue weighted by Gasteiger charge is 1.66. The second-order valence-electron chi connectivity index (χ2n) is 0.762. The third-order valence-corrected chi connectivity index (χ3v) is 0.289. The monoisotopic (exact) mass is 72.1 g/mol. The highest BCUT2D eigenvalue weighted by atomic mass is 16.5. The van der Waals surface area contributed by atoms with Gasteiger partial charge in [0.25, 0.3) is 0 Å². The molecule has 1 nitrogen and oxygen atoms in total. The largest absolute Gasteiger partial charge is 0.379 e. The van der Waals surface area contributed by atoms with E-state index in [9.17, 15) is 0 Å². The SMILES string of the molecule is [CH2]CCO[CH2]. The maximum absolute atomic E-state index is 4.38. The van der Waals surface area contributed by atoms with Crippen LogP contribution in [-0.2, 0) is 4.74 Å². The van der Waals surface area contributed by atoms with Gasteiger partial charge in [0.1, 0.15) is 0 Å². The van der Waals surface area contributed by atoms with Crippen molar-refractivity contribution in [2.45, 2.75) is 6.42 Å². The summed E-state index contributed by atoms with van der Waals surface area (Å²) in [6.45, 7) is 4.18. The normalized spacial score (nSPS) is 8.40. The van der Waals surface area contributed by atoms with E-state index in [2.05, 4.69) is 18.8 Å². The van der Waals surface area contributed by atoms with E-state index in [1.54, 1.807) is 0 Å². The molecule has 0 heterocycles. The van der Waals surface area contributed by atoms with E-state index in [0.717, 1.165) is 6.42 Å². The van der Waals surface area contributed by atoms with Gasteiger partial charge in [0.2, 0.25) is 0 Å². The molecule has 0 unspecified atom stereocenters. The van der Waals surface area contributed by atoms with Crippen LogP contribution in [0.3, 0.4) is 0 Å². The second-order valence-corrected chi connectivity index (χ2v) is 0.762. The van der Waals surface area contributed by atoms with Crippen LogP contribution in [0.15, 0.2) is 0 Å². The van der Waals surface area contributed by atoms with Gasteiger partial charge in [-0.1, -0.05) is 6.92 Å². The minimum atomic E-state index is 0.667. The van der Waals surface area contributed by atoms with Gasteiger partial charge >= 0.3 is 0 Å². The predicted molar refractivity (Wildman–Crippen MR) is 21.3 cm³/mol. The van der Waals surface area contributed by atoms with Crippen molar-refractivity contribution in [2.75, 3.05) is 6.61 Å². The van der Waals surface area contributed by atoms with Crippen LogP contribution in [0.5, 0.6) is 0 Å². The van der Waals surface area contributed by atoms with Gasteiger partial charge in [-0.05, 0) is 6.42 Å². The lowest BCUT2D eigenvalue weighted by atomic mass is 10.5. The minimum Gasteiger partial charge on any atom is -0.379 e. The van der Waals surface area contributed by atoms with E-state index >= 15 is 0 Å². The minimum absolute atomic E-state index is 0.667. The third-order valence-electron chi connectivity index (χ3n) is 0.289. The lowest BCUT2D eigenvalue weighted by Crippen LogP contribution is -1.78. The van der Waals surface area contributed by atoms with Crippen LogP contribution in [0.2, 0.25) is 0 Å². The van der Waals surface area contributed by atoms with Crippen molar-refractivity contribution in [1.82, 2.24) is 0 Å². The van der Waals surface area contributed by atoms with E-state index in [-0.39, 0.29) is 0 Å². The molecule has 0 bridgehead atoms. The van der Waals surface area contributed by atoms with Crippen LogP contribution >= 0.6 is 0 Å². The quantitative estimate of drug-likeness (QED) is 0.473. The van der Waals surface area contributed by atoms with Crippen LogP contribution in [-0.4, -0.2) is 6.61 Å². The molecule has 5 heavy (non-hydrogen) atoms. The number of ether oxygens (including phenoxy) is 1. The highest BCUT2D eigenvalue weighted by Crippen LogP contribution is 1.71. The standard InChI is InChI=1S/C4H8O/c1-3-4-5-2/h1-4H2. The molecule has 0 saturated heterocycles. The Morgan fingerprint density at radius 2 is 2.20 bits per heavy atom. The van der Waals surface area contributed by atoms with Gasteiger partial charge in [0, 0.05) is 6.61 Å². The Bertz CT molecular complexity index is 11.1. The summed E-state index contributed by atoms with van der Waals surface area (Å²) < 4.78 is 4.38. The molecule has 0 aromatic rings. The Morgan fingerprint density at radius 1 is 1.60 bits per heavy atom. The molecule has 0 amide bonds. The summed E-state index contributed by atoms with van der Waals surface area (Å²) in [7, 11) is 3.14. The average Bonchev–Trinajstić information content (AvgIpc) is 1.41. The van der Waals surface area contributed by atoms with Crippen LogP contribution < -0.4 is 0 Å². The average molecular weight is 72.1 g/mol. The zero-order valence-electron chi connectivity index (χ0n) is 3.24. The van der Waals surface area contributed by atoms with Gasteiger partial charge in [-0.2, -0.15) is 0 Å². The molecule has 0 spiro atoms. The topological polar surface area (TPSA) is 9.23 Å². The summed E-state index contributed by atoms with van der Waals surface area (Å²) in [5, 5.41) is 0. The van der Waals surface area contributed by atoms with Crippen molar-refractivity contribution in [3.63, 3.8) is 0 Å². The first-order valence-corrected chi connectivity index (χ1v) is 1.58. The summed E-state index contributed by atoms with van der Waals surface area (Å²) in [6.07, 6.45) is 0.809. The lowest BCUT2D eigenvalue weighted by molar-refractivity contribution is 0.248. The molecular weight excluding hydrogens is 64.0 g/mol. The van der Waals surface area contributed by atoms with Crippen molar-refractivity contribution in [3.05, 3.63) is 14.0 Å². The second kappa shape index (κ2) is 3.96. The molecule has 2 radical (unpaired) electrons. The fourth-order valence-corrected chi connectivity index (χ4v) is 0.102. The van der Waals surface area contributed by atoms with Crippen LogP contribution in [0, 0.1) is 14.0 Å². The third kappa shape index (κ3) is 3.96. The van der Waals surface area contributed by atoms with E-state index in [1.807, 2.05) is 0 Å². The smallest absolute Gasteiger partial charge is 0.0700 e. The Morgan fingerprint density at radius 3 is 2.20 bits per heavy atom. The molecule has 0 aliphatic carbocycles. The van der Waals surface area contributed by atoms with Crippen molar-refractivity contribution in [2.24, 2.45) is 0 Å². The Labute approximate surface area is 32.9 Å². The van der Waals surface area contributed by atoms with E-state index in [1.165, 1.54) is 0 Å². The molecule has 0 N–H and O–H groups in total. The van der Waals surface area contributed by atoms with E-state index in [0.29, 0.717) is 6.61 Å². The molecule has 30 valence electrons. The van der Waals surface area contributed by atoms with Gasteiger partial charge in [0.15, 0.2) is 0 Å². The van der Waals surface area contributed by atoms with Crippen molar-refractivity contribution < 1.29 is 4.74 Å². The number of hydrogen-bond acceptors (Lipinski definition) is 1. The Hall–Kier alpha value is -0.0400. The maximum atomic E-state index is 4.38. The highest BCUT2D eigenvalue weighted by molar-refractivity contribution is 4.32. The number of rotatable bonds is 2. The Balaban J connectivity index is 2.19. The van der Waals surface area contributed by atoms with Crippen molar-refractivity contribution >= 4 is 0 Å². The van der Waals surface area contributed by atoms with Crippen LogP contribution in [0.1, 0.15) is 6.42 Å². The van der Waals surface area contributed by atoms with Crippen LogP contribution in [0.25, 0.3) is 0 Å². The van der Waals surface area contributed by atoms with Crippen molar-refractivity contribution in [1.29, 1.82) is 0 Å². The summed E-state index contributed by atoms with van der Waals surface area (Å²) in [5.74, 6) is 0.